The average Bonchev–Trinajstić information content (AvgIpc) is 2.81. The SMILES string of the molecule is Cc1[nH]nc(C(=O)O)c1S(=O)(=O)N1CCC(N(C)C)CC1. The van der Waals surface area contributed by atoms with Gasteiger partial charge in [-0.2, -0.15) is 9.40 Å². The summed E-state index contributed by atoms with van der Waals surface area (Å²) in [6, 6.07) is 0.348. The van der Waals surface area contributed by atoms with Crippen LogP contribution in [-0.4, -0.2) is 72.1 Å². The smallest absolute Gasteiger partial charge is 0.357 e. The van der Waals surface area contributed by atoms with Crippen molar-refractivity contribution in [3.63, 3.8) is 0 Å². The zero-order valence-corrected chi connectivity index (χ0v) is 13.1. The van der Waals surface area contributed by atoms with Gasteiger partial charge < -0.3 is 10.0 Å². The second kappa shape index (κ2) is 5.74. The highest BCUT2D eigenvalue weighted by atomic mass is 32.2. The Morgan fingerprint density at radius 3 is 2.43 bits per heavy atom. The molecule has 0 saturated carbocycles. The Morgan fingerprint density at radius 2 is 1.95 bits per heavy atom. The minimum absolute atomic E-state index is 0.224. The van der Waals surface area contributed by atoms with Crippen LogP contribution >= 0.6 is 0 Å². The van der Waals surface area contributed by atoms with Crippen LogP contribution in [0.5, 0.6) is 0 Å². The minimum atomic E-state index is -3.83. The van der Waals surface area contributed by atoms with E-state index in [1.54, 1.807) is 0 Å². The van der Waals surface area contributed by atoms with Gasteiger partial charge in [0.05, 0.1) is 5.69 Å². The summed E-state index contributed by atoms with van der Waals surface area (Å²) in [5, 5.41) is 15.1. The van der Waals surface area contributed by atoms with Crippen LogP contribution in [0.3, 0.4) is 0 Å². The fourth-order valence-electron chi connectivity index (χ4n) is 2.61. The highest BCUT2D eigenvalue weighted by Crippen LogP contribution is 2.26. The fraction of sp³-hybridized carbons (Fsp3) is 0.667. The van der Waals surface area contributed by atoms with Crippen molar-refractivity contribution in [3.8, 4) is 0 Å². The molecule has 21 heavy (non-hydrogen) atoms. The van der Waals surface area contributed by atoms with E-state index < -0.39 is 21.7 Å². The van der Waals surface area contributed by atoms with Crippen molar-refractivity contribution in [3.05, 3.63) is 11.4 Å². The van der Waals surface area contributed by atoms with E-state index in [2.05, 4.69) is 15.1 Å². The summed E-state index contributed by atoms with van der Waals surface area (Å²) < 4.78 is 26.7. The lowest BCUT2D eigenvalue weighted by atomic mass is 10.1. The summed E-state index contributed by atoms with van der Waals surface area (Å²) in [5.74, 6) is -1.35. The molecule has 1 aromatic rings. The number of carboxylic acid groups (broad SMARTS) is 1. The van der Waals surface area contributed by atoms with Gasteiger partial charge in [-0.3, -0.25) is 5.10 Å². The number of nitrogens with one attached hydrogen (secondary N) is 1. The third kappa shape index (κ3) is 2.94. The number of rotatable bonds is 4. The van der Waals surface area contributed by atoms with Crippen molar-refractivity contribution < 1.29 is 18.3 Å². The summed E-state index contributed by atoms with van der Waals surface area (Å²) in [5.41, 5.74) is -0.190. The van der Waals surface area contributed by atoms with Gasteiger partial charge >= 0.3 is 5.97 Å². The van der Waals surface area contributed by atoms with Crippen molar-refractivity contribution in [2.45, 2.75) is 30.7 Å². The van der Waals surface area contributed by atoms with E-state index in [1.165, 1.54) is 11.2 Å². The molecule has 0 radical (unpaired) electrons. The number of carbonyl (C=O) groups is 1. The van der Waals surface area contributed by atoms with Crippen LogP contribution in [0.2, 0.25) is 0 Å². The second-order valence-electron chi connectivity index (χ2n) is 5.43. The molecule has 2 N–H and O–H groups in total. The van der Waals surface area contributed by atoms with Crippen molar-refractivity contribution >= 4 is 16.0 Å². The van der Waals surface area contributed by atoms with Crippen LogP contribution in [0, 0.1) is 6.92 Å². The first-order chi connectivity index (χ1) is 9.75. The van der Waals surface area contributed by atoms with E-state index in [0.29, 0.717) is 19.1 Å². The molecule has 118 valence electrons. The molecule has 0 spiro atoms. The topological polar surface area (TPSA) is 107 Å². The van der Waals surface area contributed by atoms with Crippen LogP contribution in [0.25, 0.3) is 0 Å². The number of piperidine rings is 1. The van der Waals surface area contributed by atoms with Crippen molar-refractivity contribution in [1.82, 2.24) is 19.4 Å². The monoisotopic (exact) mass is 316 g/mol. The molecular weight excluding hydrogens is 296 g/mol. The number of H-pyrrole nitrogens is 1. The highest BCUT2D eigenvalue weighted by molar-refractivity contribution is 7.89. The molecule has 1 aromatic heterocycles. The Bertz CT molecular complexity index is 630. The van der Waals surface area contributed by atoms with Gasteiger partial charge in [-0.25, -0.2) is 13.2 Å². The van der Waals surface area contributed by atoms with Gasteiger partial charge in [0.15, 0.2) is 5.69 Å². The van der Waals surface area contributed by atoms with Gasteiger partial charge in [-0.1, -0.05) is 0 Å². The maximum absolute atomic E-state index is 12.7. The van der Waals surface area contributed by atoms with Gasteiger partial charge in [0.25, 0.3) is 0 Å². The van der Waals surface area contributed by atoms with Gasteiger partial charge in [-0.05, 0) is 33.9 Å². The minimum Gasteiger partial charge on any atom is -0.476 e. The lowest BCUT2D eigenvalue weighted by Crippen LogP contribution is -2.44. The lowest BCUT2D eigenvalue weighted by Gasteiger charge is -2.34. The normalized spacial score (nSPS) is 18.3. The Hall–Kier alpha value is -1.45. The van der Waals surface area contributed by atoms with Gasteiger partial charge in [-0.15, -0.1) is 0 Å². The van der Waals surface area contributed by atoms with Crippen molar-refractivity contribution in [2.75, 3.05) is 27.2 Å². The molecule has 1 fully saturated rings. The molecule has 0 amide bonds. The molecule has 0 aromatic carbocycles. The number of carboxylic acids is 1. The Morgan fingerprint density at radius 1 is 1.38 bits per heavy atom. The van der Waals surface area contributed by atoms with Crippen LogP contribution in [0.4, 0.5) is 0 Å². The molecule has 1 aliphatic rings. The predicted octanol–water partition coefficient (Wildman–Crippen LogP) is 0.131. The Balaban J connectivity index is 2.28. The maximum Gasteiger partial charge on any atom is 0.357 e. The third-order valence-corrected chi connectivity index (χ3v) is 5.91. The number of aryl methyl sites for hydroxylation is 1. The zero-order valence-electron chi connectivity index (χ0n) is 12.3. The number of aromatic carboxylic acids is 1. The van der Waals surface area contributed by atoms with Gasteiger partial charge in [0.2, 0.25) is 10.0 Å². The van der Waals surface area contributed by atoms with Gasteiger partial charge in [0, 0.05) is 19.1 Å². The van der Waals surface area contributed by atoms with E-state index in [9.17, 15) is 13.2 Å². The Kier molecular flexibility index (Phi) is 4.35. The molecule has 8 nitrogen and oxygen atoms in total. The zero-order chi connectivity index (χ0) is 15.8. The van der Waals surface area contributed by atoms with E-state index in [0.717, 1.165) is 12.8 Å². The number of hydrogen-bond donors (Lipinski definition) is 2. The number of aromatic nitrogens is 2. The first kappa shape index (κ1) is 15.9. The fourth-order valence-corrected chi connectivity index (χ4v) is 4.37. The summed E-state index contributed by atoms with van der Waals surface area (Å²) in [7, 11) is 0.106. The lowest BCUT2D eigenvalue weighted by molar-refractivity contribution is 0.0686. The highest BCUT2D eigenvalue weighted by Gasteiger charge is 2.35. The standard InChI is InChI=1S/C12H20N4O4S/c1-8-11(10(12(17)18)14-13-8)21(19,20)16-6-4-9(5-7-16)15(2)3/h9H,4-7H2,1-3H3,(H,13,14)(H,17,18). The van der Waals surface area contributed by atoms with E-state index >= 15 is 0 Å². The van der Waals surface area contributed by atoms with E-state index in [4.69, 9.17) is 5.11 Å². The molecule has 2 heterocycles. The van der Waals surface area contributed by atoms with Crippen LogP contribution in [0.15, 0.2) is 4.90 Å². The van der Waals surface area contributed by atoms with Crippen molar-refractivity contribution in [1.29, 1.82) is 0 Å². The number of sulfonamides is 1. The second-order valence-corrected chi connectivity index (χ2v) is 7.31. The van der Waals surface area contributed by atoms with Crippen molar-refractivity contribution in [2.24, 2.45) is 0 Å². The molecular formula is C12H20N4O4S. The quantitative estimate of drug-likeness (QED) is 0.818. The molecule has 0 atom stereocenters. The molecule has 1 saturated heterocycles. The molecule has 0 bridgehead atoms. The Labute approximate surface area is 123 Å². The molecule has 0 unspecified atom stereocenters. The molecule has 2 rings (SSSR count). The first-order valence-electron chi connectivity index (χ1n) is 6.70. The predicted molar refractivity (Wildman–Crippen MR) is 75.8 cm³/mol. The number of aromatic amines is 1. The number of hydrogen-bond acceptors (Lipinski definition) is 5. The number of nitrogens with zero attached hydrogens (tertiary/aromatic N) is 3. The molecule has 9 heteroatoms. The summed E-state index contributed by atoms with van der Waals surface area (Å²) in [4.78, 5) is 13.0. The first-order valence-corrected chi connectivity index (χ1v) is 8.14. The van der Waals surface area contributed by atoms with E-state index in [1.807, 2.05) is 14.1 Å². The summed E-state index contributed by atoms with van der Waals surface area (Å²) >= 11 is 0. The van der Waals surface area contributed by atoms with Gasteiger partial charge in [0.1, 0.15) is 4.90 Å². The summed E-state index contributed by atoms with van der Waals surface area (Å²) in [6.07, 6.45) is 1.46. The maximum atomic E-state index is 12.7. The van der Waals surface area contributed by atoms with Crippen LogP contribution in [-0.2, 0) is 10.0 Å². The summed E-state index contributed by atoms with van der Waals surface area (Å²) in [6.45, 7) is 2.28. The van der Waals surface area contributed by atoms with E-state index in [-0.39, 0.29) is 10.6 Å². The largest absolute Gasteiger partial charge is 0.476 e. The average molecular weight is 316 g/mol. The molecule has 1 aliphatic heterocycles. The van der Waals surface area contributed by atoms with Crippen LogP contribution < -0.4 is 0 Å². The third-order valence-electron chi connectivity index (χ3n) is 3.85. The molecule has 0 aliphatic carbocycles. The van der Waals surface area contributed by atoms with Crippen LogP contribution in [0.1, 0.15) is 29.0 Å².